The van der Waals surface area contributed by atoms with Gasteiger partial charge in [0.15, 0.2) is 6.29 Å². The van der Waals surface area contributed by atoms with Gasteiger partial charge in [-0.1, -0.05) is 6.42 Å². The smallest absolute Gasteiger partial charge is 0.160 e. The van der Waals surface area contributed by atoms with Crippen LogP contribution in [0.3, 0.4) is 0 Å². The average molecular weight is 171 g/mol. The van der Waals surface area contributed by atoms with Gasteiger partial charge in [0.25, 0.3) is 0 Å². The highest BCUT2D eigenvalue weighted by molar-refractivity contribution is 4.77. The Kier molecular flexibility index (Phi) is 2.63. The first-order valence-corrected chi connectivity index (χ1v) is 4.87. The Morgan fingerprint density at radius 1 is 1.33 bits per heavy atom. The normalized spacial score (nSPS) is 36.8. The van der Waals surface area contributed by atoms with Crippen molar-refractivity contribution in [1.82, 2.24) is 0 Å². The fourth-order valence-electron chi connectivity index (χ4n) is 1.77. The van der Waals surface area contributed by atoms with E-state index in [9.17, 15) is 0 Å². The summed E-state index contributed by atoms with van der Waals surface area (Å²) in [5, 5.41) is 0. The quantitative estimate of drug-likeness (QED) is 0.685. The molecule has 0 amide bonds. The van der Waals surface area contributed by atoms with E-state index in [4.69, 9.17) is 15.2 Å². The second-order valence-corrected chi connectivity index (χ2v) is 3.73. The topological polar surface area (TPSA) is 44.5 Å². The lowest BCUT2D eigenvalue weighted by molar-refractivity contribution is -0.116. The maximum atomic E-state index is 5.70. The van der Waals surface area contributed by atoms with Gasteiger partial charge < -0.3 is 15.2 Å². The molecule has 1 aliphatic carbocycles. The lowest BCUT2D eigenvalue weighted by atomic mass is 9.85. The standard InChI is InChI=1S/C9H17NO2/c10-5-4-8-6-11-9(12-8)7-2-1-3-7/h7-9H,1-6,10H2. The molecule has 1 aliphatic heterocycles. The number of ether oxygens (including phenoxy) is 2. The minimum Gasteiger partial charge on any atom is -0.350 e. The summed E-state index contributed by atoms with van der Waals surface area (Å²) in [6.45, 7) is 1.45. The largest absolute Gasteiger partial charge is 0.350 e. The zero-order chi connectivity index (χ0) is 8.39. The van der Waals surface area contributed by atoms with E-state index in [0.29, 0.717) is 12.5 Å². The predicted molar refractivity (Wildman–Crippen MR) is 45.6 cm³/mol. The van der Waals surface area contributed by atoms with E-state index in [0.717, 1.165) is 13.0 Å². The van der Waals surface area contributed by atoms with Gasteiger partial charge in [-0.05, 0) is 25.8 Å². The molecule has 3 nitrogen and oxygen atoms in total. The molecule has 2 atom stereocenters. The van der Waals surface area contributed by atoms with Gasteiger partial charge in [-0.25, -0.2) is 0 Å². The second-order valence-electron chi connectivity index (χ2n) is 3.73. The van der Waals surface area contributed by atoms with Crippen molar-refractivity contribution in [3.05, 3.63) is 0 Å². The lowest BCUT2D eigenvalue weighted by Crippen LogP contribution is -2.28. The fourth-order valence-corrected chi connectivity index (χ4v) is 1.77. The van der Waals surface area contributed by atoms with Gasteiger partial charge in [-0.15, -0.1) is 0 Å². The van der Waals surface area contributed by atoms with Crippen molar-refractivity contribution in [1.29, 1.82) is 0 Å². The van der Waals surface area contributed by atoms with E-state index in [1.54, 1.807) is 0 Å². The van der Waals surface area contributed by atoms with Crippen LogP contribution in [0.1, 0.15) is 25.7 Å². The third-order valence-electron chi connectivity index (χ3n) is 2.80. The summed E-state index contributed by atoms with van der Waals surface area (Å²) >= 11 is 0. The molecule has 0 aromatic carbocycles. The molecule has 2 unspecified atom stereocenters. The lowest BCUT2D eigenvalue weighted by Gasteiger charge is -2.29. The van der Waals surface area contributed by atoms with Gasteiger partial charge in [-0.2, -0.15) is 0 Å². The Balaban J connectivity index is 1.73. The summed E-state index contributed by atoms with van der Waals surface area (Å²) in [5.74, 6) is 0.674. The molecular formula is C9H17NO2. The molecule has 70 valence electrons. The summed E-state index contributed by atoms with van der Waals surface area (Å²) in [4.78, 5) is 0. The van der Waals surface area contributed by atoms with Crippen LogP contribution in [0.4, 0.5) is 0 Å². The van der Waals surface area contributed by atoms with Crippen LogP contribution in [0.15, 0.2) is 0 Å². The highest BCUT2D eigenvalue weighted by Crippen LogP contribution is 2.34. The van der Waals surface area contributed by atoms with Crippen molar-refractivity contribution in [3.63, 3.8) is 0 Å². The fraction of sp³-hybridized carbons (Fsp3) is 1.00. The minimum absolute atomic E-state index is 0.0929. The summed E-state index contributed by atoms with van der Waals surface area (Å²) in [5.41, 5.74) is 5.44. The molecule has 2 N–H and O–H groups in total. The molecule has 2 rings (SSSR count). The second kappa shape index (κ2) is 3.73. The van der Waals surface area contributed by atoms with Crippen LogP contribution in [0.25, 0.3) is 0 Å². The Labute approximate surface area is 73.2 Å². The molecule has 2 aliphatic rings. The summed E-state index contributed by atoms with van der Waals surface area (Å²) < 4.78 is 11.2. The van der Waals surface area contributed by atoms with Crippen LogP contribution in [0, 0.1) is 5.92 Å². The predicted octanol–water partition coefficient (Wildman–Crippen LogP) is 0.877. The molecule has 3 heteroatoms. The molecule has 1 saturated heterocycles. The Bertz CT molecular complexity index is 147. The van der Waals surface area contributed by atoms with E-state index in [2.05, 4.69) is 0 Å². The molecule has 2 fully saturated rings. The first kappa shape index (κ1) is 8.48. The van der Waals surface area contributed by atoms with E-state index < -0.39 is 0 Å². The van der Waals surface area contributed by atoms with Crippen LogP contribution in [0.5, 0.6) is 0 Å². The van der Waals surface area contributed by atoms with E-state index in [-0.39, 0.29) is 12.4 Å². The maximum absolute atomic E-state index is 5.70. The van der Waals surface area contributed by atoms with Crippen LogP contribution in [-0.2, 0) is 9.47 Å². The SMILES string of the molecule is NCCC1COC(C2CCC2)O1. The van der Waals surface area contributed by atoms with Gasteiger partial charge in [0, 0.05) is 5.92 Å². The summed E-state index contributed by atoms with van der Waals surface area (Å²) in [6.07, 6.45) is 5.19. The van der Waals surface area contributed by atoms with Crippen LogP contribution >= 0.6 is 0 Å². The van der Waals surface area contributed by atoms with E-state index >= 15 is 0 Å². The number of rotatable bonds is 3. The average Bonchev–Trinajstić information content (AvgIpc) is 2.34. The number of nitrogens with two attached hydrogens (primary N) is 1. The molecule has 0 aromatic rings. The summed E-state index contributed by atoms with van der Waals surface area (Å²) in [6, 6.07) is 0. The first-order chi connectivity index (χ1) is 5.90. The van der Waals surface area contributed by atoms with Gasteiger partial charge in [-0.3, -0.25) is 0 Å². The highest BCUT2D eigenvalue weighted by Gasteiger charge is 2.35. The van der Waals surface area contributed by atoms with Crippen LogP contribution in [-0.4, -0.2) is 25.5 Å². The summed E-state index contributed by atoms with van der Waals surface area (Å²) in [7, 11) is 0. The van der Waals surface area contributed by atoms with Crippen LogP contribution < -0.4 is 5.73 Å². The molecular weight excluding hydrogens is 154 g/mol. The molecule has 0 spiro atoms. The molecule has 12 heavy (non-hydrogen) atoms. The van der Waals surface area contributed by atoms with Crippen molar-refractivity contribution < 1.29 is 9.47 Å². The van der Waals surface area contributed by atoms with E-state index in [1.165, 1.54) is 19.3 Å². The van der Waals surface area contributed by atoms with Crippen LogP contribution in [0.2, 0.25) is 0 Å². The molecule has 1 heterocycles. The van der Waals surface area contributed by atoms with Gasteiger partial charge in [0.1, 0.15) is 0 Å². The number of hydrogen-bond donors (Lipinski definition) is 1. The van der Waals surface area contributed by atoms with Gasteiger partial charge >= 0.3 is 0 Å². The molecule has 0 bridgehead atoms. The monoisotopic (exact) mass is 171 g/mol. The third kappa shape index (κ3) is 1.63. The van der Waals surface area contributed by atoms with Crippen molar-refractivity contribution >= 4 is 0 Å². The third-order valence-corrected chi connectivity index (χ3v) is 2.80. The molecule has 0 aromatic heterocycles. The molecule has 0 radical (unpaired) electrons. The van der Waals surface area contributed by atoms with Crippen molar-refractivity contribution in [2.75, 3.05) is 13.2 Å². The maximum Gasteiger partial charge on any atom is 0.160 e. The Morgan fingerprint density at radius 3 is 2.75 bits per heavy atom. The first-order valence-electron chi connectivity index (χ1n) is 4.87. The van der Waals surface area contributed by atoms with Crippen molar-refractivity contribution in [2.24, 2.45) is 11.7 Å². The number of hydrogen-bond acceptors (Lipinski definition) is 3. The Hall–Kier alpha value is -0.120. The molecule has 1 saturated carbocycles. The Morgan fingerprint density at radius 2 is 2.17 bits per heavy atom. The van der Waals surface area contributed by atoms with E-state index in [1.807, 2.05) is 0 Å². The zero-order valence-corrected chi connectivity index (χ0v) is 7.37. The van der Waals surface area contributed by atoms with Gasteiger partial charge in [0.05, 0.1) is 12.7 Å². The minimum atomic E-state index is 0.0929. The highest BCUT2D eigenvalue weighted by atomic mass is 16.7. The van der Waals surface area contributed by atoms with Crippen molar-refractivity contribution in [2.45, 2.75) is 38.1 Å². The van der Waals surface area contributed by atoms with Gasteiger partial charge in [0.2, 0.25) is 0 Å². The zero-order valence-electron chi connectivity index (χ0n) is 7.37. The van der Waals surface area contributed by atoms with Crippen molar-refractivity contribution in [3.8, 4) is 0 Å².